The van der Waals surface area contributed by atoms with Crippen LogP contribution in [-0.2, 0) is 17.9 Å². The smallest absolute Gasteiger partial charge is 0.358 e. The van der Waals surface area contributed by atoms with Gasteiger partial charge in [-0.25, -0.2) is 13.9 Å². The van der Waals surface area contributed by atoms with Crippen molar-refractivity contribution < 1.29 is 19.0 Å². The Balaban J connectivity index is 3.00. The number of aryl methyl sites for hydroxylation is 1. The highest BCUT2D eigenvalue weighted by Gasteiger charge is 2.18. The van der Waals surface area contributed by atoms with Crippen LogP contribution in [0.3, 0.4) is 0 Å². The summed E-state index contributed by atoms with van der Waals surface area (Å²) in [5.74, 6) is -1.19. The number of nitrogens with zero attached hydrogens (tertiary/aromatic N) is 3. The minimum absolute atomic E-state index is 0.0149. The molecule has 1 N–H and O–H groups in total. The number of halogens is 1. The zero-order valence-electron chi connectivity index (χ0n) is 7.60. The number of alkyl halides is 1. The van der Waals surface area contributed by atoms with E-state index in [0.717, 1.165) is 0 Å². The van der Waals surface area contributed by atoms with E-state index in [-0.39, 0.29) is 24.5 Å². The largest absolute Gasteiger partial charge is 0.476 e. The van der Waals surface area contributed by atoms with Crippen LogP contribution in [0.5, 0.6) is 0 Å². The Morgan fingerprint density at radius 2 is 2.43 bits per heavy atom. The number of ether oxygens (including phenoxy) is 1. The van der Waals surface area contributed by atoms with E-state index < -0.39 is 12.6 Å². The first kappa shape index (κ1) is 10.6. The molecule has 0 bridgehead atoms. The van der Waals surface area contributed by atoms with Gasteiger partial charge in [-0.3, -0.25) is 0 Å². The van der Waals surface area contributed by atoms with Gasteiger partial charge in [0, 0.05) is 7.11 Å². The molecule has 0 saturated carbocycles. The van der Waals surface area contributed by atoms with Crippen LogP contribution in [0.2, 0.25) is 0 Å². The maximum Gasteiger partial charge on any atom is 0.358 e. The molecule has 14 heavy (non-hydrogen) atoms. The number of hydrogen-bond donors (Lipinski definition) is 1. The highest BCUT2D eigenvalue weighted by atomic mass is 19.1. The van der Waals surface area contributed by atoms with Gasteiger partial charge in [0.25, 0.3) is 0 Å². The number of aromatic carboxylic acids is 1. The quantitative estimate of drug-likeness (QED) is 0.733. The molecule has 1 aromatic heterocycles. The molecule has 7 heteroatoms. The fraction of sp³-hybridized carbons (Fsp3) is 0.571. The van der Waals surface area contributed by atoms with Gasteiger partial charge in [-0.2, -0.15) is 0 Å². The molecule has 0 aliphatic heterocycles. The van der Waals surface area contributed by atoms with Crippen LogP contribution in [0.15, 0.2) is 0 Å². The van der Waals surface area contributed by atoms with E-state index in [1.54, 1.807) is 0 Å². The summed E-state index contributed by atoms with van der Waals surface area (Å²) in [6.45, 7) is -0.591. The maximum atomic E-state index is 12.0. The second kappa shape index (κ2) is 4.66. The van der Waals surface area contributed by atoms with Crippen LogP contribution in [0.4, 0.5) is 4.39 Å². The molecule has 0 aromatic carbocycles. The molecule has 0 aliphatic rings. The second-order valence-corrected chi connectivity index (χ2v) is 2.54. The molecule has 1 rings (SSSR count). The van der Waals surface area contributed by atoms with E-state index in [2.05, 4.69) is 10.3 Å². The van der Waals surface area contributed by atoms with Crippen molar-refractivity contribution in [2.24, 2.45) is 0 Å². The van der Waals surface area contributed by atoms with Crippen molar-refractivity contribution in [3.63, 3.8) is 0 Å². The molecule has 0 fully saturated rings. The van der Waals surface area contributed by atoms with Crippen LogP contribution in [0.1, 0.15) is 16.2 Å². The molecule has 1 heterocycles. The Morgan fingerprint density at radius 1 is 1.71 bits per heavy atom. The van der Waals surface area contributed by atoms with Gasteiger partial charge in [0.2, 0.25) is 0 Å². The molecule has 78 valence electrons. The molecule has 0 amide bonds. The Labute approximate surface area is 79.3 Å². The third-order valence-corrected chi connectivity index (χ3v) is 1.62. The Hall–Kier alpha value is -1.50. The summed E-state index contributed by atoms with van der Waals surface area (Å²) in [6.07, 6.45) is 0. The number of carboxylic acids is 1. The normalized spacial score (nSPS) is 10.4. The SMILES string of the molecule is COCc1c(C(=O)O)nnn1CCF. The van der Waals surface area contributed by atoms with E-state index in [4.69, 9.17) is 9.84 Å². The lowest BCUT2D eigenvalue weighted by Crippen LogP contribution is -2.10. The van der Waals surface area contributed by atoms with E-state index in [1.165, 1.54) is 11.8 Å². The van der Waals surface area contributed by atoms with Crippen molar-refractivity contribution in [1.29, 1.82) is 0 Å². The highest BCUT2D eigenvalue weighted by Crippen LogP contribution is 2.06. The summed E-state index contributed by atoms with van der Waals surface area (Å²) in [5.41, 5.74) is 0.0814. The Morgan fingerprint density at radius 3 is 2.93 bits per heavy atom. The third kappa shape index (κ3) is 2.05. The van der Waals surface area contributed by atoms with Gasteiger partial charge >= 0.3 is 5.97 Å². The zero-order chi connectivity index (χ0) is 10.6. The number of carbonyl (C=O) groups is 1. The lowest BCUT2D eigenvalue weighted by molar-refractivity contribution is 0.0684. The van der Waals surface area contributed by atoms with E-state index >= 15 is 0 Å². The van der Waals surface area contributed by atoms with Gasteiger partial charge in [0.1, 0.15) is 6.67 Å². The molecule has 0 saturated heterocycles. The first-order valence-electron chi connectivity index (χ1n) is 3.91. The number of aromatic nitrogens is 3. The van der Waals surface area contributed by atoms with Gasteiger partial charge in [-0.05, 0) is 0 Å². The summed E-state index contributed by atoms with van der Waals surface area (Å²) < 4.78 is 18.0. The monoisotopic (exact) mass is 203 g/mol. The summed E-state index contributed by atoms with van der Waals surface area (Å²) >= 11 is 0. The number of hydrogen-bond acceptors (Lipinski definition) is 4. The van der Waals surface area contributed by atoms with Gasteiger partial charge in [-0.15, -0.1) is 5.10 Å². The molecular formula is C7H10FN3O3. The van der Waals surface area contributed by atoms with Crippen molar-refractivity contribution >= 4 is 5.97 Å². The first-order chi connectivity index (χ1) is 6.70. The number of methoxy groups -OCH3 is 1. The molecule has 0 spiro atoms. The molecule has 1 aromatic rings. The van der Waals surface area contributed by atoms with Crippen molar-refractivity contribution in [3.05, 3.63) is 11.4 Å². The van der Waals surface area contributed by atoms with Crippen LogP contribution in [0.25, 0.3) is 0 Å². The van der Waals surface area contributed by atoms with Gasteiger partial charge in [0.15, 0.2) is 5.69 Å². The van der Waals surface area contributed by atoms with Crippen LogP contribution in [-0.4, -0.2) is 39.9 Å². The van der Waals surface area contributed by atoms with E-state index in [9.17, 15) is 9.18 Å². The van der Waals surface area contributed by atoms with Crippen molar-refractivity contribution in [2.75, 3.05) is 13.8 Å². The molecule has 0 atom stereocenters. The number of rotatable bonds is 5. The standard InChI is InChI=1S/C7H10FN3O3/c1-14-4-5-6(7(12)13)9-10-11(5)3-2-8/h2-4H2,1H3,(H,12,13). The minimum atomic E-state index is -1.19. The van der Waals surface area contributed by atoms with Crippen LogP contribution < -0.4 is 0 Å². The van der Waals surface area contributed by atoms with Gasteiger partial charge < -0.3 is 9.84 Å². The molecule has 0 unspecified atom stereocenters. The van der Waals surface area contributed by atoms with Crippen molar-refractivity contribution in [2.45, 2.75) is 13.2 Å². The lowest BCUT2D eigenvalue weighted by Gasteiger charge is -2.02. The predicted molar refractivity (Wildman–Crippen MR) is 43.7 cm³/mol. The maximum absolute atomic E-state index is 12.0. The third-order valence-electron chi connectivity index (χ3n) is 1.62. The lowest BCUT2D eigenvalue weighted by atomic mass is 10.3. The summed E-state index contributed by atoms with van der Waals surface area (Å²) in [6, 6.07) is 0. The first-order valence-corrected chi connectivity index (χ1v) is 3.91. The summed E-state index contributed by atoms with van der Waals surface area (Å²) in [4.78, 5) is 10.6. The molecule has 0 radical (unpaired) electrons. The fourth-order valence-electron chi connectivity index (χ4n) is 1.04. The minimum Gasteiger partial charge on any atom is -0.476 e. The van der Waals surface area contributed by atoms with Gasteiger partial charge in [-0.1, -0.05) is 5.21 Å². The number of carboxylic acid groups (broad SMARTS) is 1. The Bertz CT molecular complexity index is 326. The zero-order valence-corrected chi connectivity index (χ0v) is 7.60. The van der Waals surface area contributed by atoms with Crippen molar-refractivity contribution in [1.82, 2.24) is 15.0 Å². The second-order valence-electron chi connectivity index (χ2n) is 2.54. The van der Waals surface area contributed by atoms with Crippen LogP contribution in [0, 0.1) is 0 Å². The average Bonchev–Trinajstić information content (AvgIpc) is 2.50. The van der Waals surface area contributed by atoms with Crippen LogP contribution >= 0.6 is 0 Å². The molecular weight excluding hydrogens is 193 g/mol. The molecule has 6 nitrogen and oxygen atoms in total. The summed E-state index contributed by atoms with van der Waals surface area (Å²) in [5, 5.41) is 15.6. The fourth-order valence-corrected chi connectivity index (χ4v) is 1.04. The molecule has 0 aliphatic carbocycles. The van der Waals surface area contributed by atoms with E-state index in [0.29, 0.717) is 0 Å². The van der Waals surface area contributed by atoms with Crippen molar-refractivity contribution in [3.8, 4) is 0 Å². The average molecular weight is 203 g/mol. The van der Waals surface area contributed by atoms with Gasteiger partial charge in [0.05, 0.1) is 18.8 Å². The topological polar surface area (TPSA) is 77.2 Å². The van der Waals surface area contributed by atoms with E-state index in [1.807, 2.05) is 0 Å². The summed E-state index contributed by atoms with van der Waals surface area (Å²) in [7, 11) is 1.42. The highest BCUT2D eigenvalue weighted by molar-refractivity contribution is 5.86. The predicted octanol–water partition coefficient (Wildman–Crippen LogP) is 0.0922. The Kier molecular flexibility index (Phi) is 3.52.